The summed E-state index contributed by atoms with van der Waals surface area (Å²) in [4.78, 5) is 22.0. The molecule has 0 unspecified atom stereocenters. The minimum atomic E-state index is -0.125. The van der Waals surface area contributed by atoms with Gasteiger partial charge in [0.15, 0.2) is 0 Å². The summed E-state index contributed by atoms with van der Waals surface area (Å²) in [5.74, 6) is 0.459. The Morgan fingerprint density at radius 3 is 2.60 bits per heavy atom. The largest absolute Gasteiger partial charge is 0.325 e. The van der Waals surface area contributed by atoms with Gasteiger partial charge in [-0.3, -0.25) is 9.78 Å². The Labute approximate surface area is 144 Å². The molecule has 0 aliphatic rings. The fourth-order valence-electron chi connectivity index (χ4n) is 2.76. The lowest BCUT2D eigenvalue weighted by molar-refractivity contribution is 0.964. The molecule has 0 radical (unpaired) electrons. The molecule has 0 atom stereocenters. The number of rotatable bonds is 3. The van der Waals surface area contributed by atoms with Crippen LogP contribution in [0, 0.1) is 6.92 Å². The van der Waals surface area contributed by atoms with Crippen molar-refractivity contribution in [1.82, 2.24) is 14.5 Å². The number of hydrogen-bond donors (Lipinski definition) is 1. The Hall–Kier alpha value is -3.47. The van der Waals surface area contributed by atoms with E-state index < -0.39 is 0 Å². The van der Waals surface area contributed by atoms with Gasteiger partial charge in [0, 0.05) is 11.9 Å². The van der Waals surface area contributed by atoms with Crippen LogP contribution >= 0.6 is 0 Å². The fourth-order valence-corrected chi connectivity index (χ4v) is 2.76. The monoisotopic (exact) mass is 328 g/mol. The van der Waals surface area contributed by atoms with Crippen LogP contribution in [0.2, 0.25) is 0 Å². The van der Waals surface area contributed by atoms with Crippen molar-refractivity contribution in [3.05, 3.63) is 89.0 Å². The van der Waals surface area contributed by atoms with Crippen molar-refractivity contribution in [2.45, 2.75) is 6.92 Å². The zero-order valence-corrected chi connectivity index (χ0v) is 13.7. The second kappa shape index (κ2) is 6.20. The van der Waals surface area contributed by atoms with Crippen LogP contribution < -0.4 is 10.9 Å². The third-order valence-electron chi connectivity index (χ3n) is 3.96. The first kappa shape index (κ1) is 15.1. The molecule has 4 aromatic rings. The van der Waals surface area contributed by atoms with Gasteiger partial charge in [0.25, 0.3) is 5.56 Å². The van der Waals surface area contributed by atoms with E-state index >= 15 is 0 Å². The van der Waals surface area contributed by atoms with E-state index in [-0.39, 0.29) is 5.56 Å². The molecule has 0 saturated heterocycles. The maximum atomic E-state index is 13.1. The molecule has 0 saturated carbocycles. The van der Waals surface area contributed by atoms with Crippen molar-refractivity contribution >= 4 is 22.5 Å². The highest BCUT2D eigenvalue weighted by Gasteiger charge is 2.13. The highest BCUT2D eigenvalue weighted by Crippen LogP contribution is 2.20. The standard InChI is InChI=1S/C20H16N4O/c1-14-9-10-18-17(12-14)19(25)24(16-8-5-11-21-13-16)20(23-18)22-15-6-3-2-4-7-15/h2-13H,1H3,(H,22,23). The number of nitrogens with one attached hydrogen (secondary N) is 1. The first-order valence-corrected chi connectivity index (χ1v) is 7.98. The van der Waals surface area contributed by atoms with Crippen molar-refractivity contribution in [2.24, 2.45) is 0 Å². The van der Waals surface area contributed by atoms with Gasteiger partial charge in [-0.25, -0.2) is 9.55 Å². The predicted octanol–water partition coefficient (Wildman–Crippen LogP) is 3.83. The van der Waals surface area contributed by atoms with E-state index in [1.807, 2.05) is 61.5 Å². The molecular formula is C20H16N4O. The molecule has 0 bridgehead atoms. The topological polar surface area (TPSA) is 59.8 Å². The van der Waals surface area contributed by atoms with Gasteiger partial charge in [-0.05, 0) is 43.3 Å². The number of pyridine rings is 1. The minimum Gasteiger partial charge on any atom is -0.325 e. The van der Waals surface area contributed by atoms with Crippen molar-refractivity contribution in [1.29, 1.82) is 0 Å². The molecule has 5 nitrogen and oxygen atoms in total. The van der Waals surface area contributed by atoms with Gasteiger partial charge in [0.2, 0.25) is 5.95 Å². The average Bonchev–Trinajstić information content (AvgIpc) is 2.64. The normalized spacial score (nSPS) is 10.8. The van der Waals surface area contributed by atoms with Crippen LogP contribution in [0.1, 0.15) is 5.56 Å². The summed E-state index contributed by atoms with van der Waals surface area (Å²) in [6.07, 6.45) is 3.33. The second-order valence-corrected chi connectivity index (χ2v) is 5.80. The van der Waals surface area contributed by atoms with Crippen LogP contribution in [-0.4, -0.2) is 14.5 Å². The first-order chi connectivity index (χ1) is 12.2. The van der Waals surface area contributed by atoms with Crippen LogP contribution in [0.3, 0.4) is 0 Å². The summed E-state index contributed by atoms with van der Waals surface area (Å²) in [5, 5.41) is 3.83. The molecule has 25 heavy (non-hydrogen) atoms. The Morgan fingerprint density at radius 1 is 1.00 bits per heavy atom. The molecule has 5 heteroatoms. The number of hydrogen-bond acceptors (Lipinski definition) is 4. The van der Waals surface area contributed by atoms with Crippen molar-refractivity contribution in [3.63, 3.8) is 0 Å². The molecule has 2 aromatic carbocycles. The van der Waals surface area contributed by atoms with Crippen LogP contribution in [-0.2, 0) is 0 Å². The molecule has 0 aliphatic carbocycles. The number of para-hydroxylation sites is 1. The lowest BCUT2D eigenvalue weighted by Crippen LogP contribution is -2.23. The first-order valence-electron chi connectivity index (χ1n) is 7.98. The summed E-state index contributed by atoms with van der Waals surface area (Å²) in [7, 11) is 0. The summed E-state index contributed by atoms with van der Waals surface area (Å²) in [5.41, 5.74) is 3.09. The fraction of sp³-hybridized carbons (Fsp3) is 0.0500. The summed E-state index contributed by atoms with van der Waals surface area (Å²) >= 11 is 0. The Balaban J connectivity index is 1.99. The number of fused-ring (bicyclic) bond motifs is 1. The van der Waals surface area contributed by atoms with Gasteiger partial charge in [0.05, 0.1) is 22.8 Å². The van der Waals surface area contributed by atoms with Crippen molar-refractivity contribution in [3.8, 4) is 5.69 Å². The predicted molar refractivity (Wildman–Crippen MR) is 99.6 cm³/mol. The maximum absolute atomic E-state index is 13.1. The Kier molecular flexibility index (Phi) is 3.74. The molecule has 0 aliphatic heterocycles. The zero-order valence-electron chi connectivity index (χ0n) is 13.7. The van der Waals surface area contributed by atoms with Crippen LogP contribution in [0.5, 0.6) is 0 Å². The van der Waals surface area contributed by atoms with E-state index in [1.54, 1.807) is 23.0 Å². The number of benzene rings is 2. The van der Waals surface area contributed by atoms with E-state index in [0.717, 1.165) is 11.3 Å². The number of aryl methyl sites for hydroxylation is 1. The van der Waals surface area contributed by atoms with E-state index in [1.165, 1.54) is 0 Å². The molecule has 0 spiro atoms. The van der Waals surface area contributed by atoms with E-state index in [0.29, 0.717) is 22.5 Å². The third-order valence-corrected chi connectivity index (χ3v) is 3.96. The van der Waals surface area contributed by atoms with E-state index in [9.17, 15) is 4.79 Å². The quantitative estimate of drug-likeness (QED) is 0.621. The van der Waals surface area contributed by atoms with E-state index in [4.69, 9.17) is 0 Å². The molecule has 0 amide bonds. The van der Waals surface area contributed by atoms with Gasteiger partial charge in [-0.2, -0.15) is 0 Å². The van der Waals surface area contributed by atoms with Crippen molar-refractivity contribution in [2.75, 3.05) is 5.32 Å². The lowest BCUT2D eigenvalue weighted by Gasteiger charge is -2.15. The zero-order chi connectivity index (χ0) is 17.2. The highest BCUT2D eigenvalue weighted by molar-refractivity contribution is 5.80. The third kappa shape index (κ3) is 2.87. The lowest BCUT2D eigenvalue weighted by atomic mass is 10.1. The van der Waals surface area contributed by atoms with E-state index in [2.05, 4.69) is 15.3 Å². The van der Waals surface area contributed by atoms with Crippen LogP contribution in [0.25, 0.3) is 16.6 Å². The summed E-state index contributed by atoms with van der Waals surface area (Å²) < 4.78 is 1.56. The molecule has 122 valence electrons. The second-order valence-electron chi connectivity index (χ2n) is 5.80. The number of anilines is 2. The molecular weight excluding hydrogens is 312 g/mol. The SMILES string of the molecule is Cc1ccc2nc(Nc3ccccc3)n(-c3cccnc3)c(=O)c2c1. The van der Waals surface area contributed by atoms with Gasteiger partial charge in [-0.15, -0.1) is 0 Å². The summed E-state index contributed by atoms with van der Waals surface area (Å²) in [6, 6.07) is 19.0. The van der Waals surface area contributed by atoms with Gasteiger partial charge >= 0.3 is 0 Å². The van der Waals surface area contributed by atoms with Gasteiger partial charge in [0.1, 0.15) is 0 Å². The van der Waals surface area contributed by atoms with Crippen molar-refractivity contribution < 1.29 is 0 Å². The van der Waals surface area contributed by atoms with Gasteiger partial charge in [-0.1, -0.05) is 29.8 Å². The van der Waals surface area contributed by atoms with Crippen LogP contribution in [0.4, 0.5) is 11.6 Å². The maximum Gasteiger partial charge on any atom is 0.267 e. The molecule has 0 fully saturated rings. The molecule has 2 aromatic heterocycles. The Bertz CT molecular complexity index is 1090. The smallest absolute Gasteiger partial charge is 0.267 e. The number of nitrogens with zero attached hydrogens (tertiary/aromatic N) is 3. The number of aromatic nitrogens is 3. The average molecular weight is 328 g/mol. The molecule has 1 N–H and O–H groups in total. The van der Waals surface area contributed by atoms with Gasteiger partial charge < -0.3 is 5.32 Å². The highest BCUT2D eigenvalue weighted by atomic mass is 16.1. The summed E-state index contributed by atoms with van der Waals surface area (Å²) in [6.45, 7) is 1.96. The Morgan fingerprint density at radius 2 is 1.84 bits per heavy atom. The minimum absolute atomic E-state index is 0.125. The van der Waals surface area contributed by atoms with Crippen LogP contribution in [0.15, 0.2) is 77.9 Å². The molecule has 4 rings (SSSR count). The molecule has 2 heterocycles.